The van der Waals surface area contributed by atoms with Crippen LogP contribution in [0, 0.1) is 23.5 Å². The van der Waals surface area contributed by atoms with Crippen molar-refractivity contribution in [3.63, 3.8) is 0 Å². The molecule has 1 aliphatic heterocycles. The maximum atomic E-state index is 13.9. The van der Waals surface area contributed by atoms with E-state index >= 15 is 0 Å². The SMILES string of the molecule is CC(C)C(=O)N1CC[C@H](N[C@@H](C)c2cc(F)ccc2F)[C@H](C)C1. The van der Waals surface area contributed by atoms with Gasteiger partial charge in [0, 0.05) is 36.7 Å². The third kappa shape index (κ3) is 4.28. The molecule has 3 nitrogen and oxygen atoms in total. The van der Waals surface area contributed by atoms with Crippen LogP contribution in [0.1, 0.15) is 45.7 Å². The van der Waals surface area contributed by atoms with Crippen molar-refractivity contribution in [3.05, 3.63) is 35.4 Å². The maximum absolute atomic E-state index is 13.9. The topological polar surface area (TPSA) is 32.3 Å². The van der Waals surface area contributed by atoms with Crippen LogP contribution in [0.15, 0.2) is 18.2 Å². The van der Waals surface area contributed by atoms with E-state index in [4.69, 9.17) is 0 Å². The van der Waals surface area contributed by atoms with Crippen molar-refractivity contribution in [1.82, 2.24) is 10.2 Å². The molecule has 0 radical (unpaired) electrons. The second-order valence-electron chi connectivity index (χ2n) is 6.87. The van der Waals surface area contributed by atoms with E-state index in [0.717, 1.165) is 18.6 Å². The van der Waals surface area contributed by atoms with Crippen LogP contribution in [0.5, 0.6) is 0 Å². The van der Waals surface area contributed by atoms with Gasteiger partial charge in [0.15, 0.2) is 0 Å². The fourth-order valence-electron chi connectivity index (χ4n) is 3.22. The second kappa shape index (κ2) is 7.39. The smallest absolute Gasteiger partial charge is 0.225 e. The standard InChI is InChI=1S/C18H26F2N2O/c1-11(2)18(23)22-8-7-17(12(3)10-22)21-13(4)15-9-14(19)5-6-16(15)20/h5-6,9,11-13,17,21H,7-8,10H2,1-4H3/t12-,13+,17+/m1/s1. The Labute approximate surface area is 137 Å². The van der Waals surface area contributed by atoms with Crippen LogP contribution in [0.4, 0.5) is 8.78 Å². The first-order valence-corrected chi connectivity index (χ1v) is 8.29. The molecule has 0 aliphatic carbocycles. The summed E-state index contributed by atoms with van der Waals surface area (Å²) in [5.41, 5.74) is 0.345. The zero-order chi connectivity index (χ0) is 17.1. The van der Waals surface area contributed by atoms with E-state index in [2.05, 4.69) is 12.2 Å². The van der Waals surface area contributed by atoms with E-state index in [9.17, 15) is 13.6 Å². The van der Waals surface area contributed by atoms with Gasteiger partial charge in [-0.2, -0.15) is 0 Å². The lowest BCUT2D eigenvalue weighted by molar-refractivity contribution is -0.136. The van der Waals surface area contributed by atoms with Crippen LogP contribution >= 0.6 is 0 Å². The Hall–Kier alpha value is -1.49. The minimum Gasteiger partial charge on any atom is -0.342 e. The largest absolute Gasteiger partial charge is 0.342 e. The Morgan fingerprint density at radius 2 is 2.00 bits per heavy atom. The van der Waals surface area contributed by atoms with Gasteiger partial charge >= 0.3 is 0 Å². The van der Waals surface area contributed by atoms with E-state index in [1.54, 1.807) is 0 Å². The molecule has 1 aromatic carbocycles. The molecule has 0 bridgehead atoms. The predicted molar refractivity (Wildman–Crippen MR) is 86.9 cm³/mol. The normalized spacial score (nSPS) is 23.2. The Morgan fingerprint density at radius 3 is 2.61 bits per heavy atom. The molecule has 0 unspecified atom stereocenters. The molecule has 1 fully saturated rings. The van der Waals surface area contributed by atoms with Gasteiger partial charge in [-0.3, -0.25) is 4.79 Å². The first kappa shape index (κ1) is 17.9. The molecule has 5 heteroatoms. The average Bonchev–Trinajstić information content (AvgIpc) is 2.50. The number of carbonyl (C=O) groups is 1. The van der Waals surface area contributed by atoms with Crippen molar-refractivity contribution in [2.24, 2.45) is 11.8 Å². The van der Waals surface area contributed by atoms with E-state index in [-0.39, 0.29) is 29.8 Å². The lowest BCUT2D eigenvalue weighted by Gasteiger charge is -2.39. The number of halogens is 2. The van der Waals surface area contributed by atoms with E-state index in [1.807, 2.05) is 25.7 Å². The van der Waals surface area contributed by atoms with E-state index < -0.39 is 11.6 Å². The lowest BCUT2D eigenvalue weighted by Crippen LogP contribution is -2.51. The molecule has 1 saturated heterocycles. The highest BCUT2D eigenvalue weighted by atomic mass is 19.1. The van der Waals surface area contributed by atoms with Crippen LogP contribution in [0.2, 0.25) is 0 Å². The summed E-state index contributed by atoms with van der Waals surface area (Å²) in [7, 11) is 0. The molecule has 3 atom stereocenters. The summed E-state index contributed by atoms with van der Waals surface area (Å²) in [4.78, 5) is 14.0. The second-order valence-corrected chi connectivity index (χ2v) is 6.87. The molecule has 1 heterocycles. The Balaban J connectivity index is 1.99. The van der Waals surface area contributed by atoms with E-state index in [1.165, 1.54) is 6.07 Å². The van der Waals surface area contributed by atoms with Gasteiger partial charge in [-0.25, -0.2) is 8.78 Å². The highest BCUT2D eigenvalue weighted by Gasteiger charge is 2.30. The highest BCUT2D eigenvalue weighted by Crippen LogP contribution is 2.24. The number of nitrogens with one attached hydrogen (secondary N) is 1. The summed E-state index contributed by atoms with van der Waals surface area (Å²) in [6.07, 6.45) is 0.820. The Kier molecular flexibility index (Phi) is 5.74. The van der Waals surface area contributed by atoms with Crippen molar-refractivity contribution < 1.29 is 13.6 Å². The molecule has 1 amide bonds. The minimum absolute atomic E-state index is 0.00650. The number of nitrogens with zero attached hydrogens (tertiary/aromatic N) is 1. The Morgan fingerprint density at radius 1 is 1.30 bits per heavy atom. The molecule has 23 heavy (non-hydrogen) atoms. The average molecular weight is 324 g/mol. The summed E-state index contributed by atoms with van der Waals surface area (Å²) in [5.74, 6) is -0.371. The van der Waals surface area contributed by atoms with Gasteiger partial charge in [0.1, 0.15) is 11.6 Å². The van der Waals surface area contributed by atoms with Crippen LogP contribution in [0.25, 0.3) is 0 Å². The van der Waals surface area contributed by atoms with Gasteiger partial charge in [0.05, 0.1) is 0 Å². The van der Waals surface area contributed by atoms with Crippen LogP contribution in [-0.2, 0) is 4.79 Å². The molecule has 128 valence electrons. The number of likely N-dealkylation sites (tertiary alicyclic amines) is 1. The third-order valence-corrected chi connectivity index (χ3v) is 4.60. The third-order valence-electron chi connectivity index (χ3n) is 4.60. The maximum Gasteiger partial charge on any atom is 0.225 e. The molecule has 1 aliphatic rings. The fraction of sp³-hybridized carbons (Fsp3) is 0.611. The summed E-state index contributed by atoms with van der Waals surface area (Å²) in [6, 6.07) is 3.45. The van der Waals surface area contributed by atoms with Crippen LogP contribution in [-0.4, -0.2) is 29.9 Å². The zero-order valence-corrected chi connectivity index (χ0v) is 14.3. The van der Waals surface area contributed by atoms with Crippen LogP contribution < -0.4 is 5.32 Å². The van der Waals surface area contributed by atoms with Gasteiger partial charge < -0.3 is 10.2 Å². The van der Waals surface area contributed by atoms with Crippen LogP contribution in [0.3, 0.4) is 0 Å². The molecular formula is C18H26F2N2O. The van der Waals surface area contributed by atoms with Gasteiger partial charge in [0.2, 0.25) is 5.91 Å². The number of rotatable bonds is 4. The number of hydrogen-bond acceptors (Lipinski definition) is 2. The monoisotopic (exact) mass is 324 g/mol. The molecule has 0 saturated carbocycles. The van der Waals surface area contributed by atoms with Crippen molar-refractivity contribution in [2.45, 2.75) is 46.2 Å². The first-order valence-electron chi connectivity index (χ1n) is 8.29. The zero-order valence-electron chi connectivity index (χ0n) is 14.3. The van der Waals surface area contributed by atoms with Gasteiger partial charge in [-0.1, -0.05) is 20.8 Å². The van der Waals surface area contributed by atoms with Crippen molar-refractivity contribution in [3.8, 4) is 0 Å². The molecule has 0 spiro atoms. The summed E-state index contributed by atoms with van der Waals surface area (Å²) >= 11 is 0. The quantitative estimate of drug-likeness (QED) is 0.919. The molecular weight excluding hydrogens is 298 g/mol. The number of piperidine rings is 1. The summed E-state index contributed by atoms with van der Waals surface area (Å²) in [6.45, 7) is 9.16. The summed E-state index contributed by atoms with van der Waals surface area (Å²) in [5, 5.41) is 3.40. The number of hydrogen-bond donors (Lipinski definition) is 1. The van der Waals surface area contributed by atoms with Gasteiger partial charge in [-0.15, -0.1) is 0 Å². The minimum atomic E-state index is -0.430. The van der Waals surface area contributed by atoms with Gasteiger partial charge in [0.25, 0.3) is 0 Å². The molecule has 1 N–H and O–H groups in total. The molecule has 1 aromatic rings. The first-order chi connectivity index (χ1) is 10.8. The highest BCUT2D eigenvalue weighted by molar-refractivity contribution is 5.78. The molecule has 0 aromatic heterocycles. The number of amides is 1. The summed E-state index contributed by atoms with van der Waals surface area (Å²) < 4.78 is 27.2. The Bertz CT molecular complexity index is 562. The molecule has 2 rings (SSSR count). The number of benzene rings is 1. The van der Waals surface area contributed by atoms with E-state index in [0.29, 0.717) is 18.7 Å². The van der Waals surface area contributed by atoms with Crippen molar-refractivity contribution >= 4 is 5.91 Å². The van der Waals surface area contributed by atoms with Crippen molar-refractivity contribution in [2.75, 3.05) is 13.1 Å². The fourth-order valence-corrected chi connectivity index (χ4v) is 3.22. The predicted octanol–water partition coefficient (Wildman–Crippen LogP) is 3.51. The van der Waals surface area contributed by atoms with Crippen molar-refractivity contribution in [1.29, 1.82) is 0 Å². The lowest BCUT2D eigenvalue weighted by atomic mass is 9.91. The number of carbonyl (C=O) groups excluding carboxylic acids is 1. The van der Waals surface area contributed by atoms with Gasteiger partial charge in [-0.05, 0) is 37.5 Å².